The average molecular weight is 381 g/mol. The van der Waals surface area contributed by atoms with E-state index in [0.717, 1.165) is 15.6 Å². The zero-order valence-electron chi connectivity index (χ0n) is 14.1. The maximum absolute atomic E-state index is 11.3. The molecule has 23 heavy (non-hydrogen) atoms. The van der Waals surface area contributed by atoms with Crippen LogP contribution in [0.25, 0.3) is 6.08 Å². The smallest absolute Gasteiger partial charge is 0.400 e. The highest BCUT2D eigenvalue weighted by Gasteiger charge is 2.52. The monoisotopic (exact) mass is 380 g/mol. The molecule has 0 spiro atoms. The number of hydrogen-bond acceptors (Lipinski definition) is 4. The van der Waals surface area contributed by atoms with E-state index < -0.39 is 18.3 Å². The standard InChI is InChI=1S/C16H22BBrN2O3/c1-11(21)20-10-13(8-12-6-7-19-14(18)9-12)17-22-15(2,3)16(4,5)23-17/h6-9H,10H2,1-5H3,(H,20,21). The molecule has 0 radical (unpaired) electrons. The minimum Gasteiger partial charge on any atom is -0.400 e. The normalized spacial score (nSPS) is 19.7. The number of halogens is 1. The summed E-state index contributed by atoms with van der Waals surface area (Å²) in [5.41, 5.74) is 0.969. The van der Waals surface area contributed by atoms with E-state index in [9.17, 15) is 4.79 Å². The van der Waals surface area contributed by atoms with Crippen LogP contribution >= 0.6 is 15.9 Å². The molecule has 1 aliphatic rings. The van der Waals surface area contributed by atoms with Gasteiger partial charge in [0, 0.05) is 19.7 Å². The van der Waals surface area contributed by atoms with Gasteiger partial charge in [0.25, 0.3) is 0 Å². The predicted molar refractivity (Wildman–Crippen MR) is 94.7 cm³/mol. The van der Waals surface area contributed by atoms with Crippen LogP contribution in [0.15, 0.2) is 28.4 Å². The Morgan fingerprint density at radius 1 is 1.35 bits per heavy atom. The first-order chi connectivity index (χ1) is 10.6. The van der Waals surface area contributed by atoms with Gasteiger partial charge in [-0.15, -0.1) is 0 Å². The number of pyridine rings is 1. The Kier molecular flexibility index (Phi) is 5.33. The summed E-state index contributed by atoms with van der Waals surface area (Å²) in [6.45, 7) is 9.88. The van der Waals surface area contributed by atoms with Crippen LogP contribution in [0.2, 0.25) is 0 Å². The molecule has 1 aromatic rings. The minimum absolute atomic E-state index is 0.0941. The fourth-order valence-electron chi connectivity index (χ4n) is 2.14. The van der Waals surface area contributed by atoms with Crippen molar-refractivity contribution in [2.75, 3.05) is 6.54 Å². The molecule has 0 aliphatic carbocycles. The first-order valence-corrected chi connectivity index (χ1v) is 8.32. The van der Waals surface area contributed by atoms with Crippen molar-refractivity contribution >= 4 is 35.0 Å². The zero-order chi connectivity index (χ0) is 17.3. The number of nitrogens with zero attached hydrogens (tertiary/aromatic N) is 1. The van der Waals surface area contributed by atoms with Gasteiger partial charge in [0.05, 0.1) is 11.2 Å². The zero-order valence-corrected chi connectivity index (χ0v) is 15.7. The van der Waals surface area contributed by atoms with Crippen molar-refractivity contribution in [3.8, 4) is 0 Å². The van der Waals surface area contributed by atoms with Crippen molar-refractivity contribution in [3.63, 3.8) is 0 Å². The van der Waals surface area contributed by atoms with Gasteiger partial charge in [-0.1, -0.05) is 6.08 Å². The maximum atomic E-state index is 11.3. The van der Waals surface area contributed by atoms with Gasteiger partial charge in [-0.2, -0.15) is 0 Å². The molecule has 0 aromatic carbocycles. The van der Waals surface area contributed by atoms with Gasteiger partial charge in [-0.3, -0.25) is 4.79 Å². The lowest BCUT2D eigenvalue weighted by atomic mass is 9.77. The Morgan fingerprint density at radius 3 is 2.48 bits per heavy atom. The highest BCUT2D eigenvalue weighted by atomic mass is 79.9. The second kappa shape index (κ2) is 6.75. The van der Waals surface area contributed by atoms with Crippen molar-refractivity contribution in [2.45, 2.75) is 45.8 Å². The lowest BCUT2D eigenvalue weighted by molar-refractivity contribution is -0.118. The predicted octanol–water partition coefficient (Wildman–Crippen LogP) is 3.00. The topological polar surface area (TPSA) is 60.5 Å². The van der Waals surface area contributed by atoms with Gasteiger partial charge in [-0.25, -0.2) is 4.98 Å². The summed E-state index contributed by atoms with van der Waals surface area (Å²) in [7, 11) is -0.501. The van der Waals surface area contributed by atoms with Crippen molar-refractivity contribution in [3.05, 3.63) is 34.0 Å². The number of carbonyl (C=O) groups is 1. The molecule has 1 amide bonds. The molecular weight excluding hydrogens is 359 g/mol. The third kappa shape index (κ3) is 4.43. The van der Waals surface area contributed by atoms with Crippen LogP contribution in [-0.2, 0) is 14.1 Å². The van der Waals surface area contributed by atoms with E-state index >= 15 is 0 Å². The molecule has 0 saturated carbocycles. The third-order valence-electron chi connectivity index (χ3n) is 4.20. The Labute approximate surface area is 146 Å². The Morgan fingerprint density at radius 2 is 1.96 bits per heavy atom. The molecule has 5 nitrogen and oxygen atoms in total. The van der Waals surface area contributed by atoms with E-state index in [2.05, 4.69) is 26.2 Å². The fourth-order valence-corrected chi connectivity index (χ4v) is 2.53. The molecule has 1 aliphatic heterocycles. The molecule has 2 heterocycles. The van der Waals surface area contributed by atoms with Crippen molar-refractivity contribution in [1.29, 1.82) is 0 Å². The Bertz CT molecular complexity index is 616. The Balaban J connectivity index is 2.30. The van der Waals surface area contributed by atoms with Gasteiger partial charge in [0.1, 0.15) is 4.60 Å². The van der Waals surface area contributed by atoms with Crippen LogP contribution in [0.3, 0.4) is 0 Å². The summed E-state index contributed by atoms with van der Waals surface area (Å²) in [5, 5.41) is 2.82. The Hall–Kier alpha value is -1.18. The molecule has 1 fully saturated rings. The second-order valence-electron chi connectivity index (χ2n) is 6.63. The van der Waals surface area contributed by atoms with Crippen molar-refractivity contribution in [2.24, 2.45) is 0 Å². The average Bonchev–Trinajstić information content (AvgIpc) is 2.63. The molecule has 2 rings (SSSR count). The number of aromatic nitrogens is 1. The first kappa shape index (κ1) is 18.2. The summed E-state index contributed by atoms with van der Waals surface area (Å²) in [4.78, 5) is 15.4. The van der Waals surface area contributed by atoms with Gasteiger partial charge in [-0.05, 0) is 66.8 Å². The molecule has 7 heteroatoms. The summed E-state index contributed by atoms with van der Waals surface area (Å²) in [6, 6.07) is 3.79. The molecular formula is C16H22BBrN2O3. The maximum Gasteiger partial charge on any atom is 0.492 e. The van der Waals surface area contributed by atoms with Gasteiger partial charge in [0.15, 0.2) is 0 Å². The van der Waals surface area contributed by atoms with Crippen LogP contribution in [0.1, 0.15) is 40.2 Å². The molecule has 1 aromatic heterocycles. The third-order valence-corrected chi connectivity index (χ3v) is 4.63. The summed E-state index contributed by atoms with van der Waals surface area (Å²) in [5.74, 6) is -0.0941. The number of rotatable bonds is 4. The molecule has 0 unspecified atom stereocenters. The SMILES string of the molecule is CC(=O)NCC(=Cc1ccnc(Br)c1)B1OC(C)(C)C(C)(C)O1. The summed E-state index contributed by atoms with van der Waals surface area (Å²) >= 11 is 3.36. The summed E-state index contributed by atoms with van der Waals surface area (Å²) in [6.07, 6.45) is 3.68. The van der Waals surface area contributed by atoms with Crippen LogP contribution < -0.4 is 5.32 Å². The van der Waals surface area contributed by atoms with Crippen LogP contribution in [-0.4, -0.2) is 35.8 Å². The van der Waals surface area contributed by atoms with E-state index in [4.69, 9.17) is 9.31 Å². The van der Waals surface area contributed by atoms with E-state index in [1.165, 1.54) is 6.92 Å². The van der Waals surface area contributed by atoms with Gasteiger partial charge in [0.2, 0.25) is 5.91 Å². The van der Waals surface area contributed by atoms with E-state index in [-0.39, 0.29) is 5.91 Å². The number of amides is 1. The van der Waals surface area contributed by atoms with Gasteiger partial charge < -0.3 is 14.6 Å². The highest BCUT2D eigenvalue weighted by Crippen LogP contribution is 2.38. The quantitative estimate of drug-likeness (QED) is 0.644. The number of hydrogen-bond donors (Lipinski definition) is 1. The summed E-state index contributed by atoms with van der Waals surface area (Å²) < 4.78 is 12.9. The van der Waals surface area contributed by atoms with Crippen LogP contribution in [0, 0.1) is 0 Å². The number of carbonyl (C=O) groups excluding carboxylic acids is 1. The first-order valence-electron chi connectivity index (χ1n) is 7.53. The molecule has 1 N–H and O–H groups in total. The van der Waals surface area contributed by atoms with E-state index in [1.807, 2.05) is 45.9 Å². The number of nitrogens with one attached hydrogen (secondary N) is 1. The van der Waals surface area contributed by atoms with Crippen LogP contribution in [0.5, 0.6) is 0 Å². The lowest BCUT2D eigenvalue weighted by Crippen LogP contribution is -2.41. The van der Waals surface area contributed by atoms with Crippen molar-refractivity contribution < 1.29 is 14.1 Å². The van der Waals surface area contributed by atoms with E-state index in [0.29, 0.717) is 6.54 Å². The fraction of sp³-hybridized carbons (Fsp3) is 0.500. The molecule has 0 bridgehead atoms. The molecule has 124 valence electrons. The largest absolute Gasteiger partial charge is 0.492 e. The van der Waals surface area contributed by atoms with E-state index in [1.54, 1.807) is 6.20 Å². The molecule has 0 atom stereocenters. The second-order valence-corrected chi connectivity index (χ2v) is 7.44. The lowest BCUT2D eigenvalue weighted by Gasteiger charge is -2.32. The van der Waals surface area contributed by atoms with Crippen molar-refractivity contribution in [1.82, 2.24) is 10.3 Å². The molecule has 1 saturated heterocycles. The highest BCUT2D eigenvalue weighted by molar-refractivity contribution is 9.10. The van der Waals surface area contributed by atoms with Crippen LogP contribution in [0.4, 0.5) is 0 Å². The minimum atomic E-state index is -0.501. The van der Waals surface area contributed by atoms with Gasteiger partial charge >= 0.3 is 7.12 Å².